The van der Waals surface area contributed by atoms with Crippen LogP contribution in [-0.2, 0) is 6.42 Å². The molecule has 0 bridgehead atoms. The minimum absolute atomic E-state index is 0.0457. The topological polar surface area (TPSA) is 106 Å². The smallest absolute Gasteiger partial charge is 0.427 e. The Morgan fingerprint density at radius 1 is 1.38 bits per heavy atom. The number of amides is 1. The number of nitrogens with one attached hydrogen (secondary N) is 2. The highest BCUT2D eigenvalue weighted by molar-refractivity contribution is 5.96. The molecule has 2 aromatic rings. The van der Waals surface area contributed by atoms with E-state index in [4.69, 9.17) is 5.73 Å². The van der Waals surface area contributed by atoms with Crippen LogP contribution >= 0.6 is 0 Å². The third-order valence-corrected chi connectivity index (χ3v) is 2.83. The van der Waals surface area contributed by atoms with Crippen molar-refractivity contribution in [3.8, 4) is 5.75 Å². The number of rotatable bonds is 7. The van der Waals surface area contributed by atoms with Gasteiger partial charge in [0.15, 0.2) is 0 Å². The molecule has 1 aromatic carbocycles. The third-order valence-electron chi connectivity index (χ3n) is 2.83. The molecule has 4 N–H and O–H groups in total. The van der Waals surface area contributed by atoms with Gasteiger partial charge in [0.1, 0.15) is 11.6 Å². The molecule has 0 aliphatic rings. The van der Waals surface area contributed by atoms with Crippen molar-refractivity contribution in [2.24, 2.45) is 0 Å². The molecular weight excluding hydrogens is 334 g/mol. The first-order valence-corrected chi connectivity index (χ1v) is 6.68. The van der Waals surface area contributed by atoms with Crippen LogP contribution in [0.4, 0.5) is 23.5 Å². The van der Waals surface area contributed by atoms with Gasteiger partial charge >= 0.3 is 12.5 Å². The first-order valence-electron chi connectivity index (χ1n) is 6.68. The number of aromatic nitrogens is 3. The zero-order valence-electron chi connectivity index (χ0n) is 12.1. The summed E-state index contributed by atoms with van der Waals surface area (Å²) in [6.07, 6.45) is -8.47. The Morgan fingerprint density at radius 2 is 2.08 bits per heavy atom. The van der Waals surface area contributed by atoms with E-state index in [1.165, 1.54) is 18.2 Å². The number of nitrogen functional groups attached to an aromatic ring is 1. The average Bonchev–Trinajstić information content (AvgIpc) is 2.92. The van der Waals surface area contributed by atoms with Crippen molar-refractivity contribution in [2.45, 2.75) is 19.0 Å². The summed E-state index contributed by atoms with van der Waals surface area (Å²) in [7, 11) is 0. The molecule has 11 heteroatoms. The van der Waals surface area contributed by atoms with Gasteiger partial charge in [0.25, 0.3) is 5.91 Å². The van der Waals surface area contributed by atoms with Crippen molar-refractivity contribution in [2.75, 3.05) is 12.3 Å². The normalized spacial score (nSPS) is 11.5. The van der Waals surface area contributed by atoms with Crippen LogP contribution in [0.5, 0.6) is 5.75 Å². The minimum Gasteiger partial charge on any atom is -0.427 e. The molecule has 0 fully saturated rings. The fraction of sp³-hybridized carbons (Fsp3) is 0.308. The Balaban J connectivity index is 2.01. The van der Waals surface area contributed by atoms with Crippen molar-refractivity contribution >= 4 is 11.9 Å². The SMILES string of the molecule is Nc1n[nH]c(CCNC(=O)c2ccccc2OC(F)(F)C(F)F)n1. The molecule has 0 aliphatic carbocycles. The number of nitrogens with zero attached hydrogens (tertiary/aromatic N) is 2. The lowest BCUT2D eigenvalue weighted by atomic mass is 10.2. The van der Waals surface area contributed by atoms with Crippen molar-refractivity contribution in [1.82, 2.24) is 20.5 Å². The van der Waals surface area contributed by atoms with Gasteiger partial charge in [-0.25, -0.2) is 0 Å². The van der Waals surface area contributed by atoms with Crippen molar-refractivity contribution in [1.29, 1.82) is 0 Å². The summed E-state index contributed by atoms with van der Waals surface area (Å²) in [6, 6.07) is 4.85. The number of benzene rings is 1. The number of halogens is 4. The van der Waals surface area contributed by atoms with Crippen LogP contribution in [0.3, 0.4) is 0 Å². The Morgan fingerprint density at radius 3 is 2.71 bits per heavy atom. The molecule has 130 valence electrons. The van der Waals surface area contributed by atoms with E-state index in [1.807, 2.05) is 0 Å². The molecule has 1 aromatic heterocycles. The molecule has 0 spiro atoms. The number of hydrogen-bond donors (Lipinski definition) is 3. The van der Waals surface area contributed by atoms with Crippen LogP contribution in [-0.4, -0.2) is 40.2 Å². The maximum absolute atomic E-state index is 13.0. The number of H-pyrrole nitrogens is 1. The second-order valence-electron chi connectivity index (χ2n) is 4.61. The summed E-state index contributed by atoms with van der Waals surface area (Å²) in [6.45, 7) is 0.0903. The molecule has 0 unspecified atom stereocenters. The number of aromatic amines is 1. The van der Waals surface area contributed by atoms with Crippen molar-refractivity contribution in [3.05, 3.63) is 35.7 Å². The van der Waals surface area contributed by atoms with E-state index in [0.717, 1.165) is 6.07 Å². The summed E-state index contributed by atoms with van der Waals surface area (Å²) in [5.41, 5.74) is 5.02. The second-order valence-corrected chi connectivity index (χ2v) is 4.61. The van der Waals surface area contributed by atoms with Crippen molar-refractivity contribution in [3.63, 3.8) is 0 Å². The Kier molecular flexibility index (Phi) is 5.21. The quantitative estimate of drug-likeness (QED) is 0.660. The zero-order chi connectivity index (χ0) is 17.7. The fourth-order valence-corrected chi connectivity index (χ4v) is 1.75. The molecular formula is C13H13F4N5O2. The number of hydrogen-bond acceptors (Lipinski definition) is 5. The largest absolute Gasteiger partial charge is 0.461 e. The molecule has 7 nitrogen and oxygen atoms in total. The van der Waals surface area contributed by atoms with Crippen LogP contribution in [0.25, 0.3) is 0 Å². The lowest BCUT2D eigenvalue weighted by Crippen LogP contribution is -2.34. The van der Waals surface area contributed by atoms with Gasteiger partial charge in [0, 0.05) is 13.0 Å². The summed E-state index contributed by atoms with van der Waals surface area (Å²) in [5, 5.41) is 8.56. The molecule has 1 heterocycles. The lowest BCUT2D eigenvalue weighted by molar-refractivity contribution is -0.253. The third kappa shape index (κ3) is 4.33. The molecule has 0 saturated heterocycles. The standard InChI is InChI=1S/C13H13F4N5O2/c14-11(15)13(16,17)24-8-4-2-1-3-7(8)10(23)19-6-5-9-20-12(18)22-21-9/h1-4,11H,5-6H2,(H,19,23)(H3,18,20,21,22). The zero-order valence-corrected chi connectivity index (χ0v) is 12.1. The number of anilines is 1. The number of para-hydroxylation sites is 1. The first kappa shape index (κ1) is 17.5. The molecule has 2 rings (SSSR count). The van der Waals surface area contributed by atoms with E-state index in [1.54, 1.807) is 0 Å². The summed E-state index contributed by atoms with van der Waals surface area (Å²) in [5.74, 6) is -0.946. The number of alkyl halides is 4. The summed E-state index contributed by atoms with van der Waals surface area (Å²) < 4.78 is 54.5. The highest BCUT2D eigenvalue weighted by Crippen LogP contribution is 2.29. The van der Waals surface area contributed by atoms with Crippen molar-refractivity contribution < 1.29 is 27.1 Å². The van der Waals surface area contributed by atoms with Crippen LogP contribution < -0.4 is 15.8 Å². The summed E-state index contributed by atoms with van der Waals surface area (Å²) >= 11 is 0. The van der Waals surface area contributed by atoms with Crippen LogP contribution in [0.1, 0.15) is 16.2 Å². The molecule has 24 heavy (non-hydrogen) atoms. The highest BCUT2D eigenvalue weighted by atomic mass is 19.3. The number of carbonyl (C=O) groups excluding carboxylic acids is 1. The van der Waals surface area contributed by atoms with E-state index < -0.39 is 24.2 Å². The van der Waals surface area contributed by atoms with Crippen LogP contribution in [0.15, 0.2) is 24.3 Å². The maximum atomic E-state index is 13.0. The van der Waals surface area contributed by atoms with Gasteiger partial charge in [-0.3, -0.25) is 9.89 Å². The highest BCUT2D eigenvalue weighted by Gasteiger charge is 2.44. The van der Waals surface area contributed by atoms with E-state index in [0.29, 0.717) is 5.82 Å². The Bertz CT molecular complexity index is 707. The molecule has 0 atom stereocenters. The first-order chi connectivity index (χ1) is 11.3. The van der Waals surface area contributed by atoms with Gasteiger partial charge in [-0.1, -0.05) is 12.1 Å². The predicted octanol–water partition coefficient (Wildman–Crippen LogP) is 1.60. The van der Waals surface area contributed by atoms with E-state index in [-0.39, 0.29) is 24.5 Å². The van der Waals surface area contributed by atoms with Crippen LogP contribution in [0, 0.1) is 0 Å². The lowest BCUT2D eigenvalue weighted by Gasteiger charge is -2.18. The number of carbonyl (C=O) groups is 1. The Hall–Kier alpha value is -2.85. The number of ether oxygens (including phenoxy) is 1. The molecule has 0 aliphatic heterocycles. The van der Waals surface area contributed by atoms with Gasteiger partial charge in [-0.15, -0.1) is 5.10 Å². The van der Waals surface area contributed by atoms with Gasteiger partial charge in [-0.2, -0.15) is 22.5 Å². The molecule has 1 amide bonds. The number of nitrogens with two attached hydrogens (primary N) is 1. The monoisotopic (exact) mass is 347 g/mol. The van der Waals surface area contributed by atoms with Gasteiger partial charge < -0.3 is 15.8 Å². The molecule has 0 saturated carbocycles. The van der Waals surface area contributed by atoms with E-state index in [2.05, 4.69) is 25.2 Å². The maximum Gasteiger partial charge on any atom is 0.461 e. The van der Waals surface area contributed by atoms with Gasteiger partial charge in [0.2, 0.25) is 5.95 Å². The second kappa shape index (κ2) is 7.15. The van der Waals surface area contributed by atoms with E-state index >= 15 is 0 Å². The Labute approximate surface area is 133 Å². The van der Waals surface area contributed by atoms with Gasteiger partial charge in [0.05, 0.1) is 5.56 Å². The average molecular weight is 347 g/mol. The van der Waals surface area contributed by atoms with E-state index in [9.17, 15) is 22.4 Å². The summed E-state index contributed by atoms with van der Waals surface area (Å²) in [4.78, 5) is 15.8. The minimum atomic E-state index is -4.70. The molecule has 0 radical (unpaired) electrons. The van der Waals surface area contributed by atoms with Crippen LogP contribution in [0.2, 0.25) is 0 Å². The fourth-order valence-electron chi connectivity index (χ4n) is 1.75. The predicted molar refractivity (Wildman–Crippen MR) is 74.9 cm³/mol. The van der Waals surface area contributed by atoms with Gasteiger partial charge in [-0.05, 0) is 12.1 Å².